The monoisotopic (exact) mass is 364 g/mol. The predicted molar refractivity (Wildman–Crippen MR) is 101 cm³/mol. The number of nitrogens with zero attached hydrogens (tertiary/aromatic N) is 2. The van der Waals surface area contributed by atoms with E-state index in [4.69, 9.17) is 0 Å². The predicted octanol–water partition coefficient (Wildman–Crippen LogP) is 2.08. The van der Waals surface area contributed by atoms with Gasteiger partial charge >= 0.3 is 0 Å². The third-order valence-corrected chi connectivity index (χ3v) is 4.93. The van der Waals surface area contributed by atoms with E-state index in [1.807, 2.05) is 24.3 Å². The van der Waals surface area contributed by atoms with Gasteiger partial charge in [-0.25, -0.2) is 0 Å². The second-order valence-electron chi connectivity index (χ2n) is 6.74. The highest BCUT2D eigenvalue weighted by Gasteiger charge is 2.34. The quantitative estimate of drug-likeness (QED) is 0.660. The summed E-state index contributed by atoms with van der Waals surface area (Å²) in [5.74, 6) is -0.782. The first-order valence-corrected chi connectivity index (χ1v) is 8.87. The average molecular weight is 364 g/mol. The first kappa shape index (κ1) is 17.2. The molecule has 1 aliphatic rings. The fraction of sp³-hybridized carbons (Fsp3) is 0.250. The molecule has 1 unspecified atom stereocenters. The van der Waals surface area contributed by atoms with E-state index in [0.29, 0.717) is 30.8 Å². The van der Waals surface area contributed by atoms with Crippen molar-refractivity contribution in [2.45, 2.75) is 12.5 Å². The molecule has 4 rings (SSSR count). The molecule has 2 amide bonds. The number of aliphatic hydroxyl groups excluding tert-OH is 1. The van der Waals surface area contributed by atoms with Crippen LogP contribution in [0.1, 0.15) is 18.1 Å². The molecule has 0 spiro atoms. The van der Waals surface area contributed by atoms with Gasteiger partial charge in [0.15, 0.2) is 6.10 Å². The summed E-state index contributed by atoms with van der Waals surface area (Å²) in [5, 5.41) is 20.9. The largest absolute Gasteiger partial charge is 0.378 e. The van der Waals surface area contributed by atoms with E-state index in [9.17, 15) is 14.7 Å². The molecule has 1 aromatic heterocycles. The minimum Gasteiger partial charge on any atom is -0.378 e. The Hall–Kier alpha value is -3.19. The van der Waals surface area contributed by atoms with Crippen molar-refractivity contribution in [3.8, 4) is 0 Å². The highest BCUT2D eigenvalue weighted by molar-refractivity contribution is 5.95. The van der Waals surface area contributed by atoms with E-state index in [0.717, 1.165) is 10.9 Å². The molecule has 1 fully saturated rings. The zero-order valence-corrected chi connectivity index (χ0v) is 14.6. The minimum absolute atomic E-state index is 0.123. The Kier molecular flexibility index (Phi) is 4.60. The first-order valence-electron chi connectivity index (χ1n) is 8.87. The van der Waals surface area contributed by atoms with Crippen LogP contribution in [-0.4, -0.2) is 45.1 Å². The number of aromatic amines is 1. The summed E-state index contributed by atoms with van der Waals surface area (Å²) >= 11 is 0. The highest BCUT2D eigenvalue weighted by Crippen LogP contribution is 2.24. The summed E-state index contributed by atoms with van der Waals surface area (Å²) in [4.78, 5) is 26.6. The van der Waals surface area contributed by atoms with E-state index < -0.39 is 6.10 Å². The lowest BCUT2D eigenvalue weighted by Crippen LogP contribution is -2.35. The molecule has 0 radical (unpaired) electrons. The molecule has 2 aromatic carbocycles. The summed E-state index contributed by atoms with van der Waals surface area (Å²) in [7, 11) is 0. The van der Waals surface area contributed by atoms with Gasteiger partial charge in [-0.1, -0.05) is 30.3 Å². The number of amides is 2. The second-order valence-corrected chi connectivity index (χ2v) is 6.74. The van der Waals surface area contributed by atoms with Crippen LogP contribution < -0.4 is 5.32 Å². The van der Waals surface area contributed by atoms with Crippen LogP contribution in [0.2, 0.25) is 0 Å². The molecule has 0 saturated carbocycles. The third kappa shape index (κ3) is 3.54. The van der Waals surface area contributed by atoms with E-state index in [-0.39, 0.29) is 17.7 Å². The van der Waals surface area contributed by atoms with E-state index in [1.165, 1.54) is 0 Å². The first-order chi connectivity index (χ1) is 13.1. The van der Waals surface area contributed by atoms with E-state index in [1.54, 1.807) is 35.4 Å². The topological polar surface area (TPSA) is 98.3 Å². The van der Waals surface area contributed by atoms with Crippen molar-refractivity contribution in [2.75, 3.05) is 18.4 Å². The number of H-pyrrole nitrogens is 1. The van der Waals surface area contributed by atoms with Gasteiger partial charge in [0.2, 0.25) is 5.91 Å². The average Bonchev–Trinajstić information content (AvgIpc) is 3.36. The second kappa shape index (κ2) is 7.20. The maximum atomic E-state index is 12.6. The SMILES string of the molecule is O=C(Nc1ccc2[nH]ncc2c1)C1CCN(C(=O)[C@H](O)c2ccccc2)C1. The van der Waals surface area contributed by atoms with Gasteiger partial charge in [0.05, 0.1) is 17.6 Å². The Balaban J connectivity index is 1.38. The number of hydrogen-bond acceptors (Lipinski definition) is 4. The fourth-order valence-electron chi connectivity index (χ4n) is 3.39. The number of benzene rings is 2. The number of aliphatic hydroxyl groups is 1. The molecular formula is C20H20N4O3. The lowest BCUT2D eigenvalue weighted by molar-refractivity contribution is -0.139. The third-order valence-electron chi connectivity index (χ3n) is 4.93. The lowest BCUT2D eigenvalue weighted by Gasteiger charge is -2.20. The summed E-state index contributed by atoms with van der Waals surface area (Å²) in [6.07, 6.45) is 1.08. The number of anilines is 1. The van der Waals surface area contributed by atoms with Crippen LogP contribution in [-0.2, 0) is 9.59 Å². The number of fused-ring (bicyclic) bond motifs is 1. The molecule has 138 valence electrons. The van der Waals surface area contributed by atoms with Crippen molar-refractivity contribution in [1.29, 1.82) is 0 Å². The van der Waals surface area contributed by atoms with Crippen molar-refractivity contribution >= 4 is 28.4 Å². The standard InChI is InChI=1S/C20H20N4O3/c25-18(13-4-2-1-3-5-13)20(27)24-9-8-14(12-24)19(26)22-16-6-7-17-15(10-16)11-21-23-17/h1-7,10-11,14,18,25H,8-9,12H2,(H,21,23)(H,22,26)/t14?,18-/m1/s1. The lowest BCUT2D eigenvalue weighted by atomic mass is 10.1. The summed E-state index contributed by atoms with van der Waals surface area (Å²) < 4.78 is 0. The number of hydrogen-bond donors (Lipinski definition) is 3. The van der Waals surface area contributed by atoms with Gasteiger partial charge in [-0.2, -0.15) is 5.10 Å². The molecule has 0 bridgehead atoms. The van der Waals surface area contributed by atoms with Crippen LogP contribution in [0.3, 0.4) is 0 Å². The Labute approximate surface area is 156 Å². The van der Waals surface area contributed by atoms with E-state index >= 15 is 0 Å². The van der Waals surface area contributed by atoms with Crippen LogP contribution in [0.5, 0.6) is 0 Å². The maximum absolute atomic E-state index is 12.6. The van der Waals surface area contributed by atoms with Crippen LogP contribution in [0, 0.1) is 5.92 Å². The molecule has 7 nitrogen and oxygen atoms in total. The molecule has 3 N–H and O–H groups in total. The summed E-state index contributed by atoms with van der Waals surface area (Å²) in [6.45, 7) is 0.768. The van der Waals surface area contributed by atoms with Crippen molar-refractivity contribution in [2.24, 2.45) is 5.92 Å². The van der Waals surface area contributed by atoms with Crippen LogP contribution in [0.15, 0.2) is 54.7 Å². The number of rotatable bonds is 4. The van der Waals surface area contributed by atoms with Crippen LogP contribution >= 0.6 is 0 Å². The molecule has 1 saturated heterocycles. The van der Waals surface area contributed by atoms with Crippen molar-refractivity contribution in [3.05, 3.63) is 60.3 Å². The summed E-state index contributed by atoms with van der Waals surface area (Å²) in [6, 6.07) is 14.4. The molecule has 27 heavy (non-hydrogen) atoms. The maximum Gasteiger partial charge on any atom is 0.256 e. The van der Waals surface area contributed by atoms with Crippen molar-refractivity contribution in [1.82, 2.24) is 15.1 Å². The molecule has 0 aliphatic carbocycles. The molecule has 2 atom stereocenters. The molecule has 3 aromatic rings. The van der Waals surface area contributed by atoms with Gasteiger partial charge in [0, 0.05) is 24.2 Å². The number of nitrogens with one attached hydrogen (secondary N) is 2. The smallest absolute Gasteiger partial charge is 0.256 e. The van der Waals surface area contributed by atoms with Crippen molar-refractivity contribution in [3.63, 3.8) is 0 Å². The Morgan fingerprint density at radius 1 is 1.22 bits per heavy atom. The van der Waals surface area contributed by atoms with Gasteiger partial charge in [-0.15, -0.1) is 0 Å². The molecule has 2 heterocycles. The van der Waals surface area contributed by atoms with Crippen LogP contribution in [0.4, 0.5) is 5.69 Å². The van der Waals surface area contributed by atoms with Crippen LogP contribution in [0.25, 0.3) is 10.9 Å². The van der Waals surface area contributed by atoms with Gasteiger partial charge < -0.3 is 15.3 Å². The fourth-order valence-corrected chi connectivity index (χ4v) is 3.39. The van der Waals surface area contributed by atoms with Gasteiger partial charge in [0.25, 0.3) is 5.91 Å². The zero-order chi connectivity index (χ0) is 18.8. The Morgan fingerprint density at radius 2 is 2.04 bits per heavy atom. The number of likely N-dealkylation sites (tertiary alicyclic amines) is 1. The number of aromatic nitrogens is 2. The molecular weight excluding hydrogens is 344 g/mol. The zero-order valence-electron chi connectivity index (χ0n) is 14.6. The Bertz CT molecular complexity index is 970. The minimum atomic E-state index is -1.20. The normalized spacial score (nSPS) is 17.8. The summed E-state index contributed by atoms with van der Waals surface area (Å²) in [5.41, 5.74) is 2.16. The molecule has 1 aliphatic heterocycles. The number of carbonyl (C=O) groups is 2. The van der Waals surface area contributed by atoms with Crippen molar-refractivity contribution < 1.29 is 14.7 Å². The molecule has 7 heteroatoms. The Morgan fingerprint density at radius 3 is 2.85 bits per heavy atom. The van der Waals surface area contributed by atoms with Gasteiger partial charge in [0.1, 0.15) is 0 Å². The number of carbonyl (C=O) groups excluding carboxylic acids is 2. The van der Waals surface area contributed by atoms with Gasteiger partial charge in [-0.3, -0.25) is 14.7 Å². The highest BCUT2D eigenvalue weighted by atomic mass is 16.3. The van der Waals surface area contributed by atoms with E-state index in [2.05, 4.69) is 15.5 Å². The van der Waals surface area contributed by atoms with Gasteiger partial charge in [-0.05, 0) is 30.2 Å².